The summed E-state index contributed by atoms with van der Waals surface area (Å²) in [5.41, 5.74) is 0. The van der Waals surface area contributed by atoms with Gasteiger partial charge in [0.1, 0.15) is 0 Å². The minimum absolute atomic E-state index is 0.0410. The van der Waals surface area contributed by atoms with Gasteiger partial charge in [-0.15, -0.1) is 0 Å². The number of likely N-dealkylation sites (tertiary alicyclic amines) is 1. The van der Waals surface area contributed by atoms with Crippen LogP contribution in [0.2, 0.25) is 0 Å². The average molecular weight is 257 g/mol. The fraction of sp³-hybridized carbons (Fsp3) is 0.818. The van der Waals surface area contributed by atoms with Gasteiger partial charge in [-0.1, -0.05) is 0 Å². The molecule has 2 heterocycles. The van der Waals surface area contributed by atoms with Crippen LogP contribution < -0.4 is 10.6 Å². The Morgan fingerprint density at radius 3 is 2.76 bits per heavy atom. The van der Waals surface area contributed by atoms with Crippen LogP contribution in [0.4, 0.5) is 0 Å². The van der Waals surface area contributed by atoms with Crippen LogP contribution in [0.25, 0.3) is 0 Å². The molecule has 2 fully saturated rings. The fourth-order valence-electron chi connectivity index (χ4n) is 2.10. The van der Waals surface area contributed by atoms with Gasteiger partial charge in [-0.05, 0) is 12.8 Å². The van der Waals surface area contributed by atoms with Gasteiger partial charge >= 0.3 is 0 Å². The molecule has 0 radical (unpaired) electrons. The van der Waals surface area contributed by atoms with Crippen LogP contribution in [-0.4, -0.2) is 60.4 Å². The lowest BCUT2D eigenvalue weighted by Gasteiger charge is -2.22. The van der Waals surface area contributed by atoms with Crippen molar-refractivity contribution in [3.63, 3.8) is 0 Å². The van der Waals surface area contributed by atoms with Crippen LogP contribution in [0.15, 0.2) is 0 Å². The summed E-state index contributed by atoms with van der Waals surface area (Å²) in [6.45, 7) is 2.68. The summed E-state index contributed by atoms with van der Waals surface area (Å²) in [4.78, 5) is 25.3. The summed E-state index contributed by atoms with van der Waals surface area (Å²) in [6, 6.07) is -0.139. The first-order chi connectivity index (χ1) is 8.27. The molecule has 0 aromatic carbocycles. The van der Waals surface area contributed by atoms with E-state index in [0.29, 0.717) is 0 Å². The van der Waals surface area contributed by atoms with E-state index < -0.39 is 0 Å². The molecule has 2 aliphatic heterocycles. The maximum Gasteiger partial charge on any atom is 0.241 e. The molecule has 17 heavy (non-hydrogen) atoms. The summed E-state index contributed by atoms with van der Waals surface area (Å²) < 4.78 is 0. The molecule has 0 saturated carbocycles. The fourth-order valence-corrected chi connectivity index (χ4v) is 3.03. The number of amides is 2. The van der Waals surface area contributed by atoms with E-state index in [1.807, 2.05) is 4.90 Å². The first-order valence-corrected chi connectivity index (χ1v) is 7.29. The van der Waals surface area contributed by atoms with Gasteiger partial charge in [0.2, 0.25) is 11.8 Å². The number of hydrogen-bond acceptors (Lipinski definition) is 4. The smallest absolute Gasteiger partial charge is 0.241 e. The second-order valence-corrected chi connectivity index (χ2v) is 5.54. The second-order valence-electron chi connectivity index (χ2n) is 4.39. The molecule has 5 nitrogen and oxygen atoms in total. The number of nitrogens with zero attached hydrogens (tertiary/aromatic N) is 1. The first-order valence-electron chi connectivity index (χ1n) is 6.14. The monoisotopic (exact) mass is 257 g/mol. The van der Waals surface area contributed by atoms with Gasteiger partial charge in [-0.3, -0.25) is 9.59 Å². The van der Waals surface area contributed by atoms with Gasteiger partial charge in [-0.2, -0.15) is 11.8 Å². The SMILES string of the molecule is O=C(NCC(=O)N1CCCC1)C1CSCCN1. The maximum atomic E-state index is 11.8. The van der Waals surface area contributed by atoms with E-state index in [2.05, 4.69) is 10.6 Å². The van der Waals surface area contributed by atoms with Gasteiger partial charge in [0.05, 0.1) is 12.6 Å². The maximum absolute atomic E-state index is 11.8. The molecule has 6 heteroatoms. The van der Waals surface area contributed by atoms with Crippen LogP contribution in [0, 0.1) is 0 Å². The predicted octanol–water partition coefficient (Wildman–Crippen LogP) is -0.570. The molecule has 0 aliphatic carbocycles. The quantitative estimate of drug-likeness (QED) is 0.711. The van der Waals surface area contributed by atoms with Crippen LogP contribution in [0.5, 0.6) is 0 Å². The Balaban J connectivity index is 1.69. The number of thioether (sulfide) groups is 1. The van der Waals surface area contributed by atoms with E-state index in [0.717, 1.165) is 44.0 Å². The number of nitrogens with one attached hydrogen (secondary N) is 2. The number of carbonyl (C=O) groups is 2. The Hall–Kier alpha value is -0.750. The first kappa shape index (κ1) is 12.7. The molecule has 2 N–H and O–H groups in total. The van der Waals surface area contributed by atoms with Gasteiger partial charge in [0, 0.05) is 31.1 Å². The van der Waals surface area contributed by atoms with E-state index in [1.165, 1.54) is 0 Å². The van der Waals surface area contributed by atoms with Crippen molar-refractivity contribution in [1.82, 2.24) is 15.5 Å². The predicted molar refractivity (Wildman–Crippen MR) is 67.9 cm³/mol. The second kappa shape index (κ2) is 6.26. The van der Waals surface area contributed by atoms with E-state index >= 15 is 0 Å². The van der Waals surface area contributed by atoms with Crippen LogP contribution >= 0.6 is 11.8 Å². The molecule has 0 bridgehead atoms. The molecule has 2 aliphatic rings. The molecular formula is C11H19N3O2S. The van der Waals surface area contributed by atoms with Crippen molar-refractivity contribution in [2.45, 2.75) is 18.9 Å². The van der Waals surface area contributed by atoms with E-state index in [4.69, 9.17) is 0 Å². The van der Waals surface area contributed by atoms with Crippen molar-refractivity contribution in [1.29, 1.82) is 0 Å². The van der Waals surface area contributed by atoms with Crippen LogP contribution in [0.1, 0.15) is 12.8 Å². The molecule has 0 aromatic rings. The summed E-state index contributed by atoms with van der Waals surface area (Å²) in [5.74, 6) is 1.84. The molecule has 1 atom stereocenters. The standard InChI is InChI=1S/C11H19N3O2S/c15-10(14-4-1-2-5-14)7-13-11(16)9-8-17-6-3-12-9/h9,12H,1-8H2,(H,13,16). The third kappa shape index (κ3) is 3.61. The highest BCUT2D eigenvalue weighted by molar-refractivity contribution is 7.99. The highest BCUT2D eigenvalue weighted by Gasteiger charge is 2.23. The highest BCUT2D eigenvalue weighted by atomic mass is 32.2. The molecule has 0 aromatic heterocycles. The van der Waals surface area contributed by atoms with Crippen LogP contribution in [0.3, 0.4) is 0 Å². The van der Waals surface area contributed by atoms with Gasteiger partial charge in [0.25, 0.3) is 0 Å². The molecule has 2 rings (SSSR count). The van der Waals surface area contributed by atoms with Gasteiger partial charge < -0.3 is 15.5 Å². The molecule has 1 unspecified atom stereocenters. The topological polar surface area (TPSA) is 61.4 Å². The Bertz CT molecular complexity index is 286. The summed E-state index contributed by atoms with van der Waals surface area (Å²) in [5, 5.41) is 5.88. The van der Waals surface area contributed by atoms with E-state index in [9.17, 15) is 9.59 Å². The highest BCUT2D eigenvalue weighted by Crippen LogP contribution is 2.08. The van der Waals surface area contributed by atoms with Gasteiger partial charge in [-0.25, -0.2) is 0 Å². The zero-order valence-corrected chi connectivity index (χ0v) is 10.7. The molecule has 0 spiro atoms. The molecule has 2 amide bonds. The van der Waals surface area contributed by atoms with E-state index in [1.54, 1.807) is 11.8 Å². The van der Waals surface area contributed by atoms with Crippen molar-refractivity contribution in [2.24, 2.45) is 0 Å². The number of carbonyl (C=O) groups excluding carboxylic acids is 2. The summed E-state index contributed by atoms with van der Waals surface area (Å²) >= 11 is 1.77. The van der Waals surface area contributed by atoms with Crippen molar-refractivity contribution in [3.8, 4) is 0 Å². The third-order valence-corrected chi connectivity index (χ3v) is 4.17. The largest absolute Gasteiger partial charge is 0.346 e. The van der Waals surface area contributed by atoms with Gasteiger partial charge in [0.15, 0.2) is 0 Å². The van der Waals surface area contributed by atoms with Crippen molar-refractivity contribution >= 4 is 23.6 Å². The van der Waals surface area contributed by atoms with Crippen LogP contribution in [-0.2, 0) is 9.59 Å². The minimum Gasteiger partial charge on any atom is -0.346 e. The Morgan fingerprint density at radius 2 is 2.12 bits per heavy atom. The Labute approximate surface area is 106 Å². The lowest BCUT2D eigenvalue weighted by molar-refractivity contribution is -0.132. The lowest BCUT2D eigenvalue weighted by atomic mass is 10.3. The zero-order valence-electron chi connectivity index (χ0n) is 9.91. The van der Waals surface area contributed by atoms with Crippen molar-refractivity contribution in [2.75, 3.05) is 37.7 Å². The third-order valence-electron chi connectivity index (χ3n) is 3.11. The average Bonchev–Trinajstić information content (AvgIpc) is 2.90. The molecule has 2 saturated heterocycles. The number of hydrogen-bond donors (Lipinski definition) is 2. The summed E-state index contributed by atoms with van der Waals surface area (Å²) in [6.07, 6.45) is 2.17. The zero-order chi connectivity index (χ0) is 12.1. The van der Waals surface area contributed by atoms with Crippen molar-refractivity contribution < 1.29 is 9.59 Å². The molecular weight excluding hydrogens is 238 g/mol. The minimum atomic E-state index is -0.139. The Kier molecular flexibility index (Phi) is 4.67. The molecule has 96 valence electrons. The summed E-state index contributed by atoms with van der Waals surface area (Å²) in [7, 11) is 0. The Morgan fingerprint density at radius 1 is 1.35 bits per heavy atom. The normalized spacial score (nSPS) is 24.7. The van der Waals surface area contributed by atoms with Crippen molar-refractivity contribution in [3.05, 3.63) is 0 Å². The lowest BCUT2D eigenvalue weighted by Crippen LogP contribution is -2.51. The van der Waals surface area contributed by atoms with E-state index in [-0.39, 0.29) is 24.4 Å². The number of rotatable bonds is 3.